The van der Waals surface area contributed by atoms with Crippen LogP contribution in [-0.4, -0.2) is 46.3 Å². The van der Waals surface area contributed by atoms with Gasteiger partial charge in [0, 0.05) is 12.8 Å². The van der Waals surface area contributed by atoms with Gasteiger partial charge in [0.2, 0.25) is 6.33 Å². The summed E-state index contributed by atoms with van der Waals surface area (Å²) in [4.78, 5) is 0. The molecule has 0 saturated carbocycles. The van der Waals surface area contributed by atoms with Gasteiger partial charge in [0.15, 0.2) is 0 Å². The molecule has 0 aliphatic heterocycles. The fraction of sp³-hybridized carbons (Fsp3) is 0.786. The van der Waals surface area contributed by atoms with Crippen LogP contribution in [-0.2, 0) is 13.1 Å². The second-order valence-corrected chi connectivity index (χ2v) is 6.72. The molecule has 0 amide bonds. The number of hydrogen-bond acceptors (Lipinski definition) is 0. The van der Waals surface area contributed by atoms with E-state index in [4.69, 9.17) is 0 Å². The second-order valence-electron chi connectivity index (χ2n) is 6.72. The molecular weight excluding hydrogens is 519 g/mol. The fourth-order valence-corrected chi connectivity index (χ4v) is 2.24. The summed E-state index contributed by atoms with van der Waals surface area (Å²) in [7, 11) is 0.815. The van der Waals surface area contributed by atoms with E-state index in [1.165, 1.54) is 0 Å². The fourth-order valence-electron chi connectivity index (χ4n) is 2.24. The molecule has 1 aromatic rings. The van der Waals surface area contributed by atoms with E-state index in [2.05, 4.69) is 0 Å². The molecule has 19 heteroatoms. The highest BCUT2D eigenvalue weighted by molar-refractivity contribution is 5.13. The lowest BCUT2D eigenvalue weighted by atomic mass is 9.89. The molecule has 1 heterocycles. The molecule has 1 rings (SSSR count). The number of aryl methyl sites for hydroxylation is 1. The van der Waals surface area contributed by atoms with Crippen LogP contribution in [0.1, 0.15) is 12.8 Å². The van der Waals surface area contributed by atoms with E-state index in [9.17, 15) is 74.6 Å². The zero-order valence-corrected chi connectivity index (χ0v) is 15.5. The molecule has 0 aromatic carbocycles. The number of nitrogens with zero attached hydrogens (tertiary/aromatic N) is 2. The Morgan fingerprint density at radius 1 is 0.576 bits per heavy atom. The minimum Gasteiger partial charge on any atom is -0.239 e. The van der Waals surface area contributed by atoms with E-state index < -0.39 is 65.2 Å². The van der Waals surface area contributed by atoms with Crippen molar-refractivity contribution in [1.82, 2.24) is 4.57 Å². The Morgan fingerprint density at radius 2 is 0.970 bits per heavy atom. The Bertz CT molecular complexity index is 835. The molecule has 1 aromatic heterocycles. The van der Waals surface area contributed by atoms with Gasteiger partial charge in [-0.25, -0.2) is 4.57 Å². The van der Waals surface area contributed by atoms with Crippen molar-refractivity contribution in [3.8, 4) is 0 Å². The summed E-state index contributed by atoms with van der Waals surface area (Å²) in [5.41, 5.74) is 0. The summed E-state index contributed by atoms with van der Waals surface area (Å²) in [6.07, 6.45) is -11.9. The van der Waals surface area contributed by atoms with Crippen LogP contribution in [0.5, 0.6) is 0 Å². The zero-order chi connectivity index (χ0) is 26.7. The van der Waals surface area contributed by atoms with Crippen molar-refractivity contribution in [3.63, 3.8) is 0 Å². The van der Waals surface area contributed by atoms with Gasteiger partial charge >= 0.3 is 47.8 Å². The Morgan fingerprint density at radius 3 is 1.33 bits per heavy atom. The third-order valence-corrected chi connectivity index (χ3v) is 4.23. The van der Waals surface area contributed by atoms with Gasteiger partial charge in [-0.1, -0.05) is 0 Å². The smallest absolute Gasteiger partial charge is 0.239 e. The maximum atomic E-state index is 13.8. The summed E-state index contributed by atoms with van der Waals surface area (Å²) in [6, 6.07) is -6.52. The van der Waals surface area contributed by atoms with Crippen molar-refractivity contribution in [3.05, 3.63) is 18.7 Å². The molecule has 0 N–H and O–H groups in total. The van der Waals surface area contributed by atoms with E-state index >= 15 is 0 Å². The summed E-state index contributed by atoms with van der Waals surface area (Å²) in [6.45, 7) is 0. The van der Waals surface area contributed by atoms with Gasteiger partial charge in [0.1, 0.15) is 12.4 Å². The van der Waals surface area contributed by atoms with Crippen molar-refractivity contribution < 1.29 is 79.2 Å². The van der Waals surface area contributed by atoms with Crippen LogP contribution in [0.4, 0.5) is 74.6 Å². The number of rotatable bonds is 9. The molecule has 0 radical (unpaired) electrons. The van der Waals surface area contributed by atoms with Crippen LogP contribution in [0.25, 0.3) is 0 Å². The second kappa shape index (κ2) is 7.78. The first kappa shape index (κ1) is 29.1. The normalized spacial score (nSPS) is 15.8. The van der Waals surface area contributed by atoms with E-state index in [0.717, 1.165) is 7.05 Å². The molecule has 194 valence electrons. The number of aromatic nitrogens is 2. The number of alkyl halides is 17. The van der Waals surface area contributed by atoms with Crippen LogP contribution in [0.15, 0.2) is 18.7 Å². The first-order valence-corrected chi connectivity index (χ1v) is 7.96. The van der Waals surface area contributed by atoms with Crippen LogP contribution in [0.2, 0.25) is 0 Å². The summed E-state index contributed by atoms with van der Waals surface area (Å²) >= 11 is 0. The minimum atomic E-state index is -8.34. The monoisotopic (exact) mass is 529 g/mol. The van der Waals surface area contributed by atoms with Crippen molar-refractivity contribution in [2.45, 2.75) is 60.6 Å². The minimum absolute atomic E-state index is 0.139. The van der Waals surface area contributed by atoms with Crippen molar-refractivity contribution >= 4 is 0 Å². The Balaban J connectivity index is 3.55. The Hall–Kier alpha value is -1.98. The molecule has 0 aliphatic rings. The molecular formula is C14H10F17N2+. The summed E-state index contributed by atoms with van der Waals surface area (Å²) in [5.74, 6) is -47.0. The number of halogens is 17. The number of imidazole rings is 1. The predicted molar refractivity (Wildman–Crippen MR) is 70.8 cm³/mol. The van der Waals surface area contributed by atoms with E-state index in [1.807, 2.05) is 0 Å². The average Bonchev–Trinajstić information content (AvgIpc) is 3.05. The SMILES string of the molecule is C[n+]1ccn(C(F)(F)C(F)(F)C(F)(F)C(F)(F)C(F)(F)C(F)(F)C(F)(F)CCC(F)(F)F)c1. The highest BCUT2D eigenvalue weighted by Gasteiger charge is 2.93. The van der Waals surface area contributed by atoms with Gasteiger partial charge in [-0.05, 0) is 0 Å². The first-order valence-electron chi connectivity index (χ1n) is 7.96. The molecule has 0 saturated heterocycles. The molecule has 0 unspecified atom stereocenters. The molecule has 0 bridgehead atoms. The molecule has 0 atom stereocenters. The maximum Gasteiger partial charge on any atom is 0.469 e. The van der Waals surface area contributed by atoms with Crippen LogP contribution >= 0.6 is 0 Å². The lowest BCUT2D eigenvalue weighted by Crippen LogP contribution is -2.73. The quantitative estimate of drug-likeness (QED) is 0.274. The zero-order valence-electron chi connectivity index (χ0n) is 15.5. The van der Waals surface area contributed by atoms with Gasteiger partial charge in [-0.15, -0.1) is 0 Å². The van der Waals surface area contributed by atoms with E-state index in [1.54, 1.807) is 0 Å². The molecule has 0 fully saturated rings. The standard InChI is InChI=1S/C14H10F17N2/c1-32-4-5-33(6-32)14(30,31)13(28,29)12(26,27)11(24,25)10(22,23)9(20,21)7(15,16)2-3-8(17,18)19/h4-6H,2-3H2,1H3/q+1. The van der Waals surface area contributed by atoms with Crippen LogP contribution in [0, 0.1) is 0 Å². The molecule has 0 aliphatic carbocycles. The lowest BCUT2D eigenvalue weighted by molar-refractivity contribution is -0.672. The summed E-state index contributed by atoms with van der Waals surface area (Å²) in [5, 5.41) is 0. The van der Waals surface area contributed by atoms with Gasteiger partial charge < -0.3 is 0 Å². The maximum absolute atomic E-state index is 13.8. The van der Waals surface area contributed by atoms with Crippen molar-refractivity contribution in [2.24, 2.45) is 7.05 Å². The topological polar surface area (TPSA) is 8.81 Å². The van der Waals surface area contributed by atoms with Crippen LogP contribution < -0.4 is 4.57 Å². The van der Waals surface area contributed by atoms with E-state index in [0.29, 0.717) is 10.8 Å². The average molecular weight is 529 g/mol. The summed E-state index contributed by atoms with van der Waals surface area (Å²) < 4.78 is 226. The molecule has 2 nitrogen and oxygen atoms in total. The van der Waals surface area contributed by atoms with Gasteiger partial charge in [-0.3, -0.25) is 0 Å². The molecule has 33 heavy (non-hydrogen) atoms. The highest BCUT2D eigenvalue weighted by atomic mass is 19.4. The van der Waals surface area contributed by atoms with Crippen molar-refractivity contribution in [2.75, 3.05) is 0 Å². The number of hydrogen-bond donors (Lipinski definition) is 0. The highest BCUT2D eigenvalue weighted by Crippen LogP contribution is 2.63. The van der Waals surface area contributed by atoms with Gasteiger partial charge in [-0.2, -0.15) is 79.2 Å². The lowest BCUT2D eigenvalue weighted by Gasteiger charge is -2.41. The first-order chi connectivity index (χ1) is 14.2. The largest absolute Gasteiger partial charge is 0.469 e. The third kappa shape index (κ3) is 4.30. The molecule has 0 spiro atoms. The van der Waals surface area contributed by atoms with E-state index in [-0.39, 0.29) is 12.5 Å². The Labute approximate surface area is 171 Å². The van der Waals surface area contributed by atoms with Crippen LogP contribution in [0.3, 0.4) is 0 Å². The van der Waals surface area contributed by atoms with Crippen molar-refractivity contribution in [1.29, 1.82) is 0 Å². The van der Waals surface area contributed by atoms with Gasteiger partial charge in [0.25, 0.3) is 0 Å². The van der Waals surface area contributed by atoms with Gasteiger partial charge in [0.05, 0.1) is 7.05 Å². The predicted octanol–water partition coefficient (Wildman–Crippen LogP) is 6.02. The third-order valence-electron chi connectivity index (χ3n) is 4.23. The Kier molecular flexibility index (Phi) is 6.85.